The van der Waals surface area contributed by atoms with E-state index in [0.29, 0.717) is 0 Å². The molecule has 0 aliphatic rings. The zero-order valence-corrected chi connectivity index (χ0v) is 36.5. The van der Waals surface area contributed by atoms with Crippen LogP contribution < -0.4 is 15.4 Å². The Labute approximate surface area is 167 Å². The van der Waals surface area contributed by atoms with Gasteiger partial charge in [-0.15, -0.1) is 4.74 Å². The molecule has 0 unspecified atom stereocenters. The number of nitrogens with zero attached hydrogens (tertiary/aromatic N) is 6. The second kappa shape index (κ2) is 8.09. The molecule has 0 fully saturated rings. The topological polar surface area (TPSA) is 192 Å². The maximum absolute atomic E-state index is 9.85. The molecule has 4 rings (SSSR count). The van der Waals surface area contributed by atoms with Gasteiger partial charge < -0.3 is 38.0 Å². The quantitative estimate of drug-likeness (QED) is 0.136. The molecule has 5 N–H and O–H groups in total. The van der Waals surface area contributed by atoms with E-state index in [2.05, 4.69) is 56.4 Å². The summed E-state index contributed by atoms with van der Waals surface area (Å²) in [6, 6.07) is 0. The first-order chi connectivity index (χ1) is 14.3. The molecule has 17 heteroatoms. The van der Waals surface area contributed by atoms with Crippen LogP contribution in [-0.4, -0.2) is 40.2 Å². The van der Waals surface area contributed by atoms with Gasteiger partial charge in [0.1, 0.15) is 12.0 Å². The average molecular weight is 1220 g/mol. The number of anilines is 4. The molecule has 14 nitrogen and oxygen atoms in total. The van der Waals surface area contributed by atoms with Gasteiger partial charge in [-0.1, -0.05) is 0 Å². The van der Waals surface area contributed by atoms with E-state index in [1.54, 1.807) is 0 Å². The minimum Gasteiger partial charge on any atom is -0.515 e. The van der Waals surface area contributed by atoms with Gasteiger partial charge in [-0.25, -0.2) is 14.5 Å². The van der Waals surface area contributed by atoms with E-state index in [0.717, 1.165) is 4.74 Å². The first-order valence-corrected chi connectivity index (χ1v) is 8.14. The van der Waals surface area contributed by atoms with E-state index >= 15 is 0 Å². The number of oxazole rings is 2. The van der Waals surface area contributed by atoms with Crippen molar-refractivity contribution in [2.75, 3.05) is 10.6 Å². The maximum Gasteiger partial charge on any atom is 0.301 e. The molecule has 0 amide bonds. The Morgan fingerprint density at radius 3 is 1.88 bits per heavy atom. The second-order valence-corrected chi connectivity index (χ2v) is 5.79. The average Bonchev–Trinajstić information content (AvgIpc) is 3.24. The zero-order valence-electron chi connectivity index (χ0n) is 17.3. The monoisotopic (exact) mass is 1220 g/mol. The normalized spacial score (nSPS) is 9.94. The minimum absolute atomic E-state index is 0. The molecule has 0 atom stereocenters. The van der Waals surface area contributed by atoms with Gasteiger partial charge in [0.05, 0.1) is 18.2 Å². The van der Waals surface area contributed by atoms with Crippen LogP contribution in [0.4, 0.5) is 23.7 Å². The van der Waals surface area contributed by atoms with Gasteiger partial charge in [0, 0.05) is 7.05 Å². The van der Waals surface area contributed by atoms with Crippen molar-refractivity contribution in [3.8, 4) is 17.5 Å². The van der Waals surface area contributed by atoms with Crippen molar-refractivity contribution >= 4 is 23.7 Å². The van der Waals surface area contributed by atoms with E-state index in [-0.39, 0.29) is 65.1 Å². The Balaban J connectivity index is 0.00000181. The van der Waals surface area contributed by atoms with Crippen LogP contribution in [0.15, 0.2) is 19.6 Å². The molecule has 0 aromatic carbocycles. The van der Waals surface area contributed by atoms with E-state index in [1.807, 2.05) is 0 Å². The third-order valence-corrected chi connectivity index (χ3v) is 3.53. The molecule has 33 heavy (non-hydrogen) atoms. The molecule has 0 aliphatic heterocycles. The van der Waals surface area contributed by atoms with Gasteiger partial charge in [0.15, 0.2) is 11.5 Å². The van der Waals surface area contributed by atoms with Gasteiger partial charge in [0.2, 0.25) is 11.9 Å². The second-order valence-electron chi connectivity index (χ2n) is 5.79. The first kappa shape index (κ1) is 23.3. The third-order valence-electron chi connectivity index (χ3n) is 3.53. The summed E-state index contributed by atoms with van der Waals surface area (Å²) >= 11 is 0. The summed E-state index contributed by atoms with van der Waals surface area (Å²) in [5, 5.41) is 34.7. The summed E-state index contributed by atoms with van der Waals surface area (Å²) in [5.41, 5.74) is 0. The summed E-state index contributed by atoms with van der Waals surface area (Å²) in [5.74, 6) is -1.25. The zero-order chi connectivity index (χ0) is 21.4. The van der Waals surface area contributed by atoms with Gasteiger partial charge >= 0.3 is 5.88 Å². The fourth-order valence-corrected chi connectivity index (χ4v) is 2.37. The molecule has 4 aromatic rings. The SMILES string of the molecule is [CH2-]c1nc(O)c(Cc2nc(Nc3o[n+]([CH2-])cc3O)nc(Nc3oc([CH2-])nc3O)n2)o1.[Rf].[Rf].[Rf]. The predicted octanol–water partition coefficient (Wildman–Crippen LogP) is 0.927. The predicted molar refractivity (Wildman–Crippen MR) is 95.8 cm³/mol. The van der Waals surface area contributed by atoms with E-state index in [4.69, 9.17) is 13.4 Å². The standard InChI is InChI=1S/C16H14N8O6.3Rf/c1-6-17-11(26)9(28-6)4-10-19-15(21-13-8(25)5-24(3)30-13)23-16(20-10)22-14-12(27)18-7(2)29-14;;;/h5,25-27H,1-4H2,(H2,19,20,21,22,23);;;/q-2;;;. The summed E-state index contributed by atoms with van der Waals surface area (Å²) < 4.78 is 16.5. The third kappa shape index (κ3) is 4.40. The van der Waals surface area contributed by atoms with Crippen LogP contribution in [0.5, 0.6) is 17.5 Å². The van der Waals surface area contributed by atoms with Crippen molar-refractivity contribution in [2.24, 2.45) is 0 Å². The van der Waals surface area contributed by atoms with Crippen LogP contribution in [-0.2, 0) is 6.42 Å². The summed E-state index contributed by atoms with van der Waals surface area (Å²) in [6.45, 7) is 6.97. The number of aromatic hydroxyl groups is 3. The first-order valence-electron chi connectivity index (χ1n) is 8.14. The Bertz CT molecular complexity index is 1070. The molecule has 4 aromatic heterocycles. The summed E-state index contributed by atoms with van der Waals surface area (Å²) in [6.07, 6.45) is 1.14. The molecule has 0 saturated heterocycles. The van der Waals surface area contributed by atoms with E-state index < -0.39 is 5.88 Å². The Kier molecular flexibility index (Phi) is 5.71. The molecule has 0 bridgehead atoms. The van der Waals surface area contributed by atoms with Crippen LogP contribution in [0.25, 0.3) is 0 Å². The summed E-state index contributed by atoms with van der Waals surface area (Å²) in [7, 11) is 3.49. The molecule has 0 radical (unpaired) electrons. The van der Waals surface area contributed by atoms with Crippen molar-refractivity contribution in [1.82, 2.24) is 24.9 Å². The number of rotatable bonds is 6. The van der Waals surface area contributed by atoms with Crippen LogP contribution >= 0.6 is 0 Å². The van der Waals surface area contributed by atoms with Crippen LogP contribution in [0.1, 0.15) is 23.4 Å². The van der Waals surface area contributed by atoms with E-state index in [1.165, 1.54) is 6.20 Å². The van der Waals surface area contributed by atoms with Gasteiger partial charge in [-0.3, -0.25) is 10.6 Å². The molecule has 0 saturated carbocycles. The Hall–Kier alpha value is -7.75. The molecular formula is C16H14N8O6Rf3-2. The number of aromatic nitrogens is 6. The number of hydrogen-bond donors (Lipinski definition) is 5. The molecular weight excluding hydrogens is 1200 g/mol. The van der Waals surface area contributed by atoms with Gasteiger partial charge in [-0.2, -0.15) is 15.0 Å². The van der Waals surface area contributed by atoms with Crippen LogP contribution in [0, 0.1) is 20.9 Å². The minimum atomic E-state index is -0.451. The van der Waals surface area contributed by atoms with Crippen LogP contribution in [0.3, 0.4) is 0 Å². The fraction of sp³-hybridized carbons (Fsp3) is 0.0625. The molecule has 4 heterocycles. The largest absolute Gasteiger partial charge is 0.515 e. The van der Waals surface area contributed by atoms with Gasteiger partial charge in [0.25, 0.3) is 17.6 Å². The molecule has 162 valence electrons. The maximum atomic E-state index is 9.85. The molecule has 0 aliphatic carbocycles. The van der Waals surface area contributed by atoms with Gasteiger partial charge in [-0.05, 0) is 0 Å². The van der Waals surface area contributed by atoms with Crippen molar-refractivity contribution in [3.63, 3.8) is 0 Å². The number of nitrogens with one attached hydrogen (secondary N) is 2. The Morgan fingerprint density at radius 1 is 0.818 bits per heavy atom. The van der Waals surface area contributed by atoms with Crippen molar-refractivity contribution in [2.45, 2.75) is 6.42 Å². The van der Waals surface area contributed by atoms with Crippen molar-refractivity contribution < 1.29 is 33.4 Å². The fourth-order valence-electron chi connectivity index (χ4n) is 2.37. The van der Waals surface area contributed by atoms with Crippen LogP contribution in [0.2, 0.25) is 0 Å². The Morgan fingerprint density at radius 2 is 1.39 bits per heavy atom. The smallest absolute Gasteiger partial charge is 0.301 e. The van der Waals surface area contributed by atoms with E-state index in [9.17, 15) is 15.3 Å². The van der Waals surface area contributed by atoms with Crippen molar-refractivity contribution in [1.29, 1.82) is 0 Å². The summed E-state index contributed by atoms with van der Waals surface area (Å²) in [4.78, 5) is 19.8. The number of hydrogen-bond acceptors (Lipinski definition) is 13. The molecule has 0 spiro atoms. The van der Waals surface area contributed by atoms with Crippen molar-refractivity contribution in [3.05, 3.63) is 50.5 Å².